The summed E-state index contributed by atoms with van der Waals surface area (Å²) in [7, 11) is 0. The lowest BCUT2D eigenvalue weighted by molar-refractivity contribution is -0.142. The van der Waals surface area contributed by atoms with Gasteiger partial charge in [-0.2, -0.15) is 0 Å². The van der Waals surface area contributed by atoms with Crippen molar-refractivity contribution in [3.63, 3.8) is 0 Å². The quantitative estimate of drug-likeness (QED) is 0.842. The number of rotatable bonds is 6. The highest BCUT2D eigenvalue weighted by Gasteiger charge is 2.22. The van der Waals surface area contributed by atoms with Crippen LogP contribution in [-0.2, 0) is 14.3 Å². The molecule has 2 N–H and O–H groups in total. The molecule has 1 fully saturated rings. The maximum absolute atomic E-state index is 12.0. The fourth-order valence-electron chi connectivity index (χ4n) is 2.54. The third-order valence-corrected chi connectivity index (χ3v) is 3.81. The lowest BCUT2D eigenvalue weighted by atomic mass is 9.94. The Labute approximate surface area is 124 Å². The van der Waals surface area contributed by atoms with E-state index in [1.54, 1.807) is 24.3 Å². The number of carbonyl (C=O) groups excluding carboxylic acids is 1. The number of carboxylic acids is 1. The Morgan fingerprint density at radius 3 is 2.52 bits per heavy atom. The molecule has 0 bridgehead atoms. The van der Waals surface area contributed by atoms with Crippen molar-refractivity contribution >= 4 is 11.9 Å². The summed E-state index contributed by atoms with van der Waals surface area (Å²) in [5, 5.41) is 11.9. The van der Waals surface area contributed by atoms with Gasteiger partial charge in [0.1, 0.15) is 0 Å². The summed E-state index contributed by atoms with van der Waals surface area (Å²) in [5.74, 6) is -0.747. The van der Waals surface area contributed by atoms with Gasteiger partial charge >= 0.3 is 5.97 Å². The average Bonchev–Trinajstić information content (AvgIpc) is 2.52. The number of amides is 1. The monoisotopic (exact) mass is 291 g/mol. The third-order valence-electron chi connectivity index (χ3n) is 3.81. The molecule has 114 valence electrons. The SMILES string of the molecule is O=C(CCC1CCOCC1)N[C@@H](C(=O)O)c1ccccc1. The van der Waals surface area contributed by atoms with Crippen LogP contribution in [0.5, 0.6) is 0 Å². The minimum absolute atomic E-state index is 0.210. The van der Waals surface area contributed by atoms with Crippen LogP contribution in [-0.4, -0.2) is 30.2 Å². The molecule has 1 saturated heterocycles. The molecule has 5 heteroatoms. The van der Waals surface area contributed by atoms with Gasteiger partial charge in [-0.15, -0.1) is 0 Å². The fourth-order valence-corrected chi connectivity index (χ4v) is 2.54. The summed E-state index contributed by atoms with van der Waals surface area (Å²) < 4.78 is 5.28. The Bertz CT molecular complexity index is 468. The second-order valence-corrected chi connectivity index (χ2v) is 5.34. The Morgan fingerprint density at radius 2 is 1.90 bits per heavy atom. The van der Waals surface area contributed by atoms with Crippen LogP contribution in [0.3, 0.4) is 0 Å². The van der Waals surface area contributed by atoms with Crippen LogP contribution in [0.2, 0.25) is 0 Å². The van der Waals surface area contributed by atoms with Gasteiger partial charge in [0.25, 0.3) is 0 Å². The first-order chi connectivity index (χ1) is 10.2. The van der Waals surface area contributed by atoms with E-state index < -0.39 is 12.0 Å². The van der Waals surface area contributed by atoms with Gasteiger partial charge in [0.15, 0.2) is 6.04 Å². The molecule has 0 radical (unpaired) electrons. The van der Waals surface area contributed by atoms with Crippen LogP contribution < -0.4 is 5.32 Å². The van der Waals surface area contributed by atoms with E-state index in [9.17, 15) is 14.7 Å². The van der Waals surface area contributed by atoms with Crippen molar-refractivity contribution in [2.45, 2.75) is 31.7 Å². The predicted octanol–water partition coefficient (Wildman–Crippen LogP) is 2.14. The average molecular weight is 291 g/mol. The first-order valence-corrected chi connectivity index (χ1v) is 7.31. The van der Waals surface area contributed by atoms with E-state index in [1.165, 1.54) is 0 Å². The Hall–Kier alpha value is -1.88. The molecule has 0 saturated carbocycles. The zero-order valence-corrected chi connectivity index (χ0v) is 12.0. The molecule has 1 atom stereocenters. The van der Waals surface area contributed by atoms with Crippen LogP contribution in [0, 0.1) is 5.92 Å². The maximum atomic E-state index is 12.0. The van der Waals surface area contributed by atoms with Crippen molar-refractivity contribution < 1.29 is 19.4 Å². The molecule has 0 unspecified atom stereocenters. The van der Waals surface area contributed by atoms with Crippen molar-refractivity contribution in [2.75, 3.05) is 13.2 Å². The Morgan fingerprint density at radius 1 is 1.24 bits per heavy atom. The number of nitrogens with one attached hydrogen (secondary N) is 1. The number of carboxylic acid groups (broad SMARTS) is 1. The van der Waals surface area contributed by atoms with Crippen molar-refractivity contribution in [2.24, 2.45) is 5.92 Å². The van der Waals surface area contributed by atoms with E-state index in [0.717, 1.165) is 32.5 Å². The molecule has 5 nitrogen and oxygen atoms in total. The molecule has 1 aromatic rings. The summed E-state index contributed by atoms with van der Waals surface area (Å²) >= 11 is 0. The summed E-state index contributed by atoms with van der Waals surface area (Å²) in [6, 6.07) is 7.78. The van der Waals surface area contributed by atoms with Crippen molar-refractivity contribution in [1.82, 2.24) is 5.32 Å². The van der Waals surface area contributed by atoms with E-state index in [0.29, 0.717) is 17.9 Å². The van der Waals surface area contributed by atoms with E-state index >= 15 is 0 Å². The molecule has 1 aliphatic heterocycles. The van der Waals surface area contributed by atoms with Gasteiger partial charge in [-0.1, -0.05) is 30.3 Å². The maximum Gasteiger partial charge on any atom is 0.330 e. The molecule has 1 aliphatic rings. The Balaban J connectivity index is 1.85. The number of carbonyl (C=O) groups is 2. The molecule has 0 spiro atoms. The first kappa shape index (κ1) is 15.5. The van der Waals surface area contributed by atoms with Crippen LogP contribution >= 0.6 is 0 Å². The van der Waals surface area contributed by atoms with Gasteiger partial charge in [-0.25, -0.2) is 4.79 Å². The highest BCUT2D eigenvalue weighted by Crippen LogP contribution is 2.20. The minimum atomic E-state index is -1.04. The second-order valence-electron chi connectivity index (χ2n) is 5.34. The van der Waals surface area contributed by atoms with Crippen LogP contribution in [0.25, 0.3) is 0 Å². The molecule has 1 heterocycles. The highest BCUT2D eigenvalue weighted by atomic mass is 16.5. The topological polar surface area (TPSA) is 75.6 Å². The van der Waals surface area contributed by atoms with Crippen molar-refractivity contribution in [3.8, 4) is 0 Å². The summed E-state index contributed by atoms with van der Waals surface area (Å²) in [5.41, 5.74) is 0.587. The van der Waals surface area contributed by atoms with Crippen LogP contribution in [0.4, 0.5) is 0 Å². The third kappa shape index (κ3) is 4.86. The zero-order valence-electron chi connectivity index (χ0n) is 12.0. The minimum Gasteiger partial charge on any atom is -0.479 e. The van der Waals surface area contributed by atoms with Gasteiger partial charge in [-0.3, -0.25) is 4.79 Å². The van der Waals surface area contributed by atoms with Gasteiger partial charge in [0, 0.05) is 19.6 Å². The summed E-state index contributed by atoms with van der Waals surface area (Å²) in [4.78, 5) is 23.3. The van der Waals surface area contributed by atoms with Gasteiger partial charge in [-0.05, 0) is 30.7 Å². The molecule has 1 amide bonds. The fraction of sp³-hybridized carbons (Fsp3) is 0.500. The second kappa shape index (κ2) is 7.78. The van der Waals surface area contributed by atoms with Crippen LogP contribution in [0.1, 0.15) is 37.3 Å². The molecule has 21 heavy (non-hydrogen) atoms. The van der Waals surface area contributed by atoms with E-state index in [2.05, 4.69) is 5.32 Å². The molecular weight excluding hydrogens is 270 g/mol. The molecule has 0 aliphatic carbocycles. The molecule has 0 aromatic heterocycles. The standard InChI is InChI=1S/C16H21NO4/c18-14(7-6-12-8-10-21-11-9-12)17-15(16(19)20)13-4-2-1-3-5-13/h1-5,12,15H,6-11H2,(H,17,18)(H,19,20)/t15-/m1/s1. The number of ether oxygens (including phenoxy) is 1. The lowest BCUT2D eigenvalue weighted by Crippen LogP contribution is -2.34. The van der Waals surface area contributed by atoms with Gasteiger partial charge in [0.2, 0.25) is 5.91 Å². The number of hydrogen-bond donors (Lipinski definition) is 2. The number of aliphatic carboxylic acids is 1. The van der Waals surface area contributed by atoms with E-state index in [1.807, 2.05) is 6.07 Å². The van der Waals surface area contributed by atoms with Crippen LogP contribution in [0.15, 0.2) is 30.3 Å². The Kier molecular flexibility index (Phi) is 5.75. The zero-order chi connectivity index (χ0) is 15.1. The van der Waals surface area contributed by atoms with Gasteiger partial charge in [0.05, 0.1) is 0 Å². The number of benzene rings is 1. The first-order valence-electron chi connectivity index (χ1n) is 7.31. The predicted molar refractivity (Wildman–Crippen MR) is 77.7 cm³/mol. The highest BCUT2D eigenvalue weighted by molar-refractivity contribution is 5.84. The largest absolute Gasteiger partial charge is 0.479 e. The smallest absolute Gasteiger partial charge is 0.330 e. The molecule has 1 aromatic carbocycles. The van der Waals surface area contributed by atoms with E-state index in [-0.39, 0.29) is 5.91 Å². The van der Waals surface area contributed by atoms with Crippen molar-refractivity contribution in [1.29, 1.82) is 0 Å². The molecular formula is C16H21NO4. The number of hydrogen-bond acceptors (Lipinski definition) is 3. The molecule has 2 rings (SSSR count). The van der Waals surface area contributed by atoms with E-state index in [4.69, 9.17) is 4.74 Å². The lowest BCUT2D eigenvalue weighted by Gasteiger charge is -2.22. The normalized spacial score (nSPS) is 17.1. The van der Waals surface area contributed by atoms with Gasteiger partial charge < -0.3 is 15.2 Å². The summed E-state index contributed by atoms with van der Waals surface area (Å²) in [6.45, 7) is 1.52. The van der Waals surface area contributed by atoms with Crippen molar-refractivity contribution in [3.05, 3.63) is 35.9 Å². The summed E-state index contributed by atoms with van der Waals surface area (Å²) in [6.07, 6.45) is 3.11.